The molecule has 0 unspecified atom stereocenters. The van der Waals surface area contributed by atoms with Crippen molar-refractivity contribution in [2.75, 3.05) is 25.4 Å². The largest absolute Gasteiger partial charge is 0.508 e. The highest BCUT2D eigenvalue weighted by molar-refractivity contribution is 8.13. The number of rotatable bonds is 40. The van der Waals surface area contributed by atoms with E-state index in [2.05, 4.69) is 47.9 Å². The van der Waals surface area contributed by atoms with E-state index in [9.17, 15) is 72.5 Å². The molecule has 0 radical (unpaired) electrons. The number of nitrogens with two attached hydrogens (primary N) is 4. The second-order valence-electron chi connectivity index (χ2n) is 25.5. The van der Waals surface area contributed by atoms with Gasteiger partial charge in [-0.3, -0.25) is 62.3 Å². The number of likely N-dealkylation sites (tertiary alicyclic amines) is 1. The number of thioether (sulfide) groups is 1. The van der Waals surface area contributed by atoms with E-state index in [1.54, 1.807) is 44.2 Å². The number of aromatic hydroxyl groups is 2. The number of nitrogens with zero attached hydrogens (tertiary/aromatic N) is 1. The summed E-state index contributed by atoms with van der Waals surface area (Å²) >= 11 is 0.925. The molecule has 542 valence electrons. The Morgan fingerprint density at radius 1 is 0.530 bits per heavy atom. The van der Waals surface area contributed by atoms with Crippen LogP contribution in [-0.4, -0.2) is 177 Å². The Morgan fingerprint density at radius 3 is 1.46 bits per heavy atom. The number of carbonyl (C=O) groups excluding carboxylic acids is 13. The van der Waals surface area contributed by atoms with Gasteiger partial charge in [0.25, 0.3) is 0 Å². The maximum atomic E-state index is 14.8. The van der Waals surface area contributed by atoms with Crippen LogP contribution in [0.15, 0.2) is 109 Å². The van der Waals surface area contributed by atoms with E-state index in [1.807, 2.05) is 44.2 Å². The Morgan fingerprint density at radius 2 is 0.970 bits per heavy atom. The van der Waals surface area contributed by atoms with E-state index >= 15 is 0 Å². The highest BCUT2D eigenvalue weighted by Crippen LogP contribution is 2.22. The van der Waals surface area contributed by atoms with Gasteiger partial charge in [0, 0.05) is 51.4 Å². The van der Waals surface area contributed by atoms with Gasteiger partial charge in [-0.2, -0.15) is 0 Å². The molecule has 10 atom stereocenters. The lowest BCUT2D eigenvalue weighted by atomic mass is 9.99. The molecule has 1 aliphatic heterocycles. The van der Waals surface area contributed by atoms with E-state index in [0.29, 0.717) is 23.1 Å². The third kappa shape index (κ3) is 27.4. The first kappa shape index (κ1) is 80.7. The van der Waals surface area contributed by atoms with Crippen LogP contribution in [-0.2, 0) is 88.0 Å². The molecule has 19 N–H and O–H groups in total. The summed E-state index contributed by atoms with van der Waals surface area (Å²) < 4.78 is 0. The molecule has 1 aliphatic rings. The van der Waals surface area contributed by atoms with Gasteiger partial charge in [0.05, 0.1) is 18.5 Å². The van der Waals surface area contributed by atoms with Crippen LogP contribution in [0, 0.1) is 11.8 Å². The summed E-state index contributed by atoms with van der Waals surface area (Å²) in [5.41, 5.74) is 25.6. The summed E-state index contributed by atoms with van der Waals surface area (Å²) in [4.78, 5) is 181. The van der Waals surface area contributed by atoms with Crippen molar-refractivity contribution in [2.24, 2.45) is 34.8 Å². The second kappa shape index (κ2) is 40.8. The maximum absolute atomic E-state index is 14.8. The lowest BCUT2D eigenvalue weighted by Gasteiger charge is -2.29. The number of nitrogens with one attached hydrogen (secondary N) is 9. The Bertz CT molecular complexity index is 3440. The van der Waals surface area contributed by atoms with Gasteiger partial charge in [-0.15, -0.1) is 0 Å². The fraction of sp³-hybridized carbons (Fsp3) is 0.471. The zero-order chi connectivity index (χ0) is 73.6. The Kier molecular flexibility index (Phi) is 33.0. The van der Waals surface area contributed by atoms with Crippen LogP contribution in [0.5, 0.6) is 11.5 Å². The molecule has 0 aliphatic carbocycles. The number of phenols is 2. The first-order valence-corrected chi connectivity index (χ1v) is 34.3. The minimum absolute atomic E-state index is 0.0270. The Hall–Kier alpha value is -9.94. The van der Waals surface area contributed by atoms with Crippen molar-refractivity contribution in [3.05, 3.63) is 131 Å². The Labute approximate surface area is 585 Å². The summed E-state index contributed by atoms with van der Waals surface area (Å²) in [7, 11) is 0. The van der Waals surface area contributed by atoms with Crippen LogP contribution in [0.3, 0.4) is 0 Å². The standard InChI is InChI=1S/C70H96N14O15S/c1-40(2)34-56(70(99)100-33-31-75-42(5)85)82-61(90)50(18-12-30-71)77-68(97)60(41(3)4)83-66(95)54(38-46-22-26-48(87)27-23-46)78-62(91)51(28-29-58(73)88)76-65(94)55(39-59(74)89)80-63(92)52(37-45-20-24-47(86)25-21-45)79-64(93)53(36-44-16-10-7-11-17-44)81-67(96)57-19-13-32-84(57)69(98)49(72)35-43-14-8-6-9-15-43/h6-11,14-17,20-27,40-41,49-57,60,86-87H,12-13,18-19,28-39,71-72H2,1-5H3,(H2,73,88)(H2,74,89)(H,75,85)(H,76,94)(H,77,97)(H,78,91)(H,79,93)(H,80,92)(H,81,96)(H,82,90)(H,83,95)/t49-,50+,51+,52+,53+,54+,55+,56+,57+,60+/m1/s1. The number of hydrogen-bond acceptors (Lipinski definition) is 18. The molecular formula is C70H96N14O15S. The molecule has 0 aromatic heterocycles. The van der Waals surface area contributed by atoms with Crippen molar-refractivity contribution < 1.29 is 72.5 Å². The molecule has 4 aromatic carbocycles. The maximum Gasteiger partial charge on any atom is 0.243 e. The van der Waals surface area contributed by atoms with Crippen molar-refractivity contribution in [3.63, 3.8) is 0 Å². The minimum atomic E-state index is -1.91. The predicted octanol–water partition coefficient (Wildman–Crippen LogP) is -0.457. The topological polar surface area (TPSA) is 478 Å². The van der Waals surface area contributed by atoms with Crippen LogP contribution in [0.1, 0.15) is 108 Å². The van der Waals surface area contributed by atoms with Gasteiger partial charge < -0.3 is 85.9 Å². The van der Waals surface area contributed by atoms with Crippen LogP contribution in [0.2, 0.25) is 0 Å². The quantitative estimate of drug-likeness (QED) is 0.0251. The number of benzene rings is 4. The molecular weight excluding hydrogens is 1310 g/mol. The first-order valence-electron chi connectivity index (χ1n) is 33.3. The number of amides is 12. The first-order chi connectivity index (χ1) is 47.5. The van der Waals surface area contributed by atoms with Gasteiger partial charge in [0.1, 0.15) is 59.8 Å². The SMILES string of the molecule is CC(=O)NCCSC(=O)[C@H](CC(C)C)NC(=O)[C@H](CCCN)NC(=O)[C@@H](NC(=O)[C@H](Cc1ccc(O)cc1)NC(=O)[C@H](CCC(N)=O)NC(=O)[C@H](CC(N)=O)NC(=O)[C@H](Cc1ccc(O)cc1)NC(=O)[C@H](Cc1ccccc1)NC(=O)[C@@H]1CCCN1C(=O)[C@H](N)Cc1ccccc1)C(C)C. The normalized spacial score (nSPS) is 15.4. The molecule has 4 aromatic rings. The summed E-state index contributed by atoms with van der Waals surface area (Å²) in [6, 6.07) is 14.9. The van der Waals surface area contributed by atoms with Crippen LogP contribution >= 0.6 is 11.8 Å². The van der Waals surface area contributed by atoms with Crippen molar-refractivity contribution in [3.8, 4) is 11.5 Å². The molecule has 1 saturated heterocycles. The third-order valence-electron chi connectivity index (χ3n) is 16.3. The van der Waals surface area contributed by atoms with Crippen molar-refractivity contribution >= 4 is 87.8 Å². The molecule has 100 heavy (non-hydrogen) atoms. The van der Waals surface area contributed by atoms with Crippen LogP contribution in [0.4, 0.5) is 0 Å². The van der Waals surface area contributed by atoms with Gasteiger partial charge in [0.2, 0.25) is 76.0 Å². The van der Waals surface area contributed by atoms with E-state index in [4.69, 9.17) is 22.9 Å². The zero-order valence-electron chi connectivity index (χ0n) is 57.0. The van der Waals surface area contributed by atoms with Crippen molar-refractivity contribution in [1.29, 1.82) is 0 Å². The molecule has 1 fully saturated rings. The van der Waals surface area contributed by atoms with E-state index in [-0.39, 0.29) is 105 Å². The average molecular weight is 1410 g/mol. The van der Waals surface area contributed by atoms with Gasteiger partial charge in [-0.25, -0.2) is 0 Å². The monoisotopic (exact) mass is 1400 g/mol. The van der Waals surface area contributed by atoms with Gasteiger partial charge in [0.15, 0.2) is 0 Å². The molecule has 0 saturated carbocycles. The van der Waals surface area contributed by atoms with Crippen LogP contribution in [0.25, 0.3) is 0 Å². The molecule has 0 spiro atoms. The van der Waals surface area contributed by atoms with Gasteiger partial charge in [-0.05, 0) is 110 Å². The van der Waals surface area contributed by atoms with E-state index < -0.39 is 151 Å². The summed E-state index contributed by atoms with van der Waals surface area (Å²) in [6.07, 6.45) is -1.27. The average Bonchev–Trinajstić information content (AvgIpc) is 1.57. The van der Waals surface area contributed by atoms with Crippen molar-refractivity contribution in [2.45, 2.75) is 172 Å². The smallest absolute Gasteiger partial charge is 0.243 e. The zero-order valence-corrected chi connectivity index (χ0v) is 57.8. The molecule has 0 bridgehead atoms. The molecule has 12 amide bonds. The van der Waals surface area contributed by atoms with E-state index in [1.165, 1.54) is 60.4 Å². The van der Waals surface area contributed by atoms with Crippen LogP contribution < -0.4 is 70.8 Å². The van der Waals surface area contributed by atoms with Gasteiger partial charge >= 0.3 is 0 Å². The molecule has 5 rings (SSSR count). The highest BCUT2D eigenvalue weighted by atomic mass is 32.2. The summed E-state index contributed by atoms with van der Waals surface area (Å²) in [6.45, 7) is 8.82. The molecule has 30 heteroatoms. The summed E-state index contributed by atoms with van der Waals surface area (Å²) in [5.74, 6) is -11.0. The summed E-state index contributed by atoms with van der Waals surface area (Å²) in [5, 5.41) is 43.6. The minimum Gasteiger partial charge on any atom is -0.508 e. The third-order valence-corrected chi connectivity index (χ3v) is 17.3. The predicted molar refractivity (Wildman–Crippen MR) is 373 cm³/mol. The fourth-order valence-corrected chi connectivity index (χ4v) is 11.8. The number of carbonyl (C=O) groups is 13. The molecule has 1 heterocycles. The lowest BCUT2D eigenvalue weighted by molar-refractivity contribution is -0.140. The fourth-order valence-electron chi connectivity index (χ4n) is 11.1. The number of primary amides is 2. The second-order valence-corrected chi connectivity index (χ2v) is 26.6. The van der Waals surface area contributed by atoms with Crippen molar-refractivity contribution in [1.82, 2.24) is 52.8 Å². The molecule has 29 nitrogen and oxygen atoms in total. The lowest BCUT2D eigenvalue weighted by Crippen LogP contribution is -2.61. The highest BCUT2D eigenvalue weighted by Gasteiger charge is 2.40. The number of hydrogen-bond donors (Lipinski definition) is 15. The van der Waals surface area contributed by atoms with Gasteiger partial charge in [-0.1, -0.05) is 124 Å². The Balaban J connectivity index is 1.40. The van der Waals surface area contributed by atoms with E-state index in [0.717, 1.165) is 17.3 Å². The number of phenolic OH excluding ortho intramolecular Hbond substituents is 2.